The van der Waals surface area contributed by atoms with Crippen LogP contribution < -0.4 is 0 Å². The van der Waals surface area contributed by atoms with E-state index in [2.05, 4.69) is 4.74 Å². The summed E-state index contributed by atoms with van der Waals surface area (Å²) in [5, 5.41) is 0. The fraction of sp³-hybridized carbons (Fsp3) is 0.483. The highest BCUT2D eigenvalue weighted by atomic mass is 32.2. The molecule has 3 saturated heterocycles. The first-order valence-electron chi connectivity index (χ1n) is 14.0. The van der Waals surface area contributed by atoms with E-state index in [-0.39, 0.29) is 5.92 Å². The number of fused-ring (bicyclic) bond motifs is 2. The van der Waals surface area contributed by atoms with E-state index in [1.165, 1.54) is 0 Å². The van der Waals surface area contributed by atoms with Crippen molar-refractivity contribution in [3.05, 3.63) is 70.8 Å². The Morgan fingerprint density at radius 2 is 1.39 bits per heavy atom. The van der Waals surface area contributed by atoms with Gasteiger partial charge in [-0.05, 0) is 28.7 Å². The summed E-state index contributed by atoms with van der Waals surface area (Å²) in [5.74, 6) is -12.7. The van der Waals surface area contributed by atoms with Crippen molar-refractivity contribution < 1.29 is 72.6 Å². The summed E-state index contributed by atoms with van der Waals surface area (Å²) in [6.45, 7) is 0. The predicted molar refractivity (Wildman–Crippen MR) is 137 cm³/mol. The molecule has 3 aliphatic heterocycles. The lowest BCUT2D eigenvalue weighted by Crippen LogP contribution is -2.64. The van der Waals surface area contributed by atoms with E-state index in [1.807, 2.05) is 48.5 Å². The SMILES string of the molecule is O=C(OC1C2OC(=O)C3C2OC1C3C(=O)OC(CS(=O)(=O)O)(C(F)(F)F)C(F)(F)F)C1CC2c3ccccc3C1c1ccccc12. The first-order chi connectivity index (χ1) is 21.4. The molecule has 3 fully saturated rings. The quantitative estimate of drug-likeness (QED) is 0.209. The molecule has 0 aromatic heterocycles. The van der Waals surface area contributed by atoms with Crippen LogP contribution >= 0.6 is 0 Å². The van der Waals surface area contributed by atoms with Crippen LogP contribution in [-0.4, -0.2) is 79.0 Å². The van der Waals surface area contributed by atoms with E-state index in [0.29, 0.717) is 6.42 Å². The topological polar surface area (TPSA) is 142 Å². The Morgan fingerprint density at radius 1 is 0.848 bits per heavy atom. The summed E-state index contributed by atoms with van der Waals surface area (Å²) in [4.78, 5) is 39.6. The van der Waals surface area contributed by atoms with Crippen molar-refractivity contribution in [1.82, 2.24) is 0 Å². The lowest BCUT2D eigenvalue weighted by atomic mass is 9.59. The Hall–Kier alpha value is -3.70. The Labute approximate surface area is 255 Å². The number of esters is 3. The van der Waals surface area contributed by atoms with Gasteiger partial charge in [-0.1, -0.05) is 48.5 Å². The maximum absolute atomic E-state index is 13.9. The third-order valence-corrected chi connectivity index (χ3v) is 10.4. The van der Waals surface area contributed by atoms with Gasteiger partial charge in [0.15, 0.2) is 12.2 Å². The van der Waals surface area contributed by atoms with Gasteiger partial charge < -0.3 is 18.9 Å². The molecule has 2 aromatic carbocycles. The number of carbonyl (C=O) groups excluding carboxylic acids is 3. The average molecular weight is 677 g/mol. The van der Waals surface area contributed by atoms with Gasteiger partial charge in [0.25, 0.3) is 10.1 Å². The second kappa shape index (κ2) is 9.90. The van der Waals surface area contributed by atoms with E-state index in [9.17, 15) is 49.1 Å². The number of alkyl halides is 6. The molecule has 0 spiro atoms. The molecule has 246 valence electrons. The Balaban J connectivity index is 1.19. The predicted octanol–water partition coefficient (Wildman–Crippen LogP) is 3.43. The first kappa shape index (κ1) is 30.9. The molecule has 0 saturated carbocycles. The average Bonchev–Trinajstić information content (AvgIpc) is 3.59. The molecule has 6 aliphatic rings. The lowest BCUT2D eigenvalue weighted by Gasteiger charge is -2.44. The normalized spacial score (nSPS) is 32.5. The molecule has 8 rings (SSSR count). The van der Waals surface area contributed by atoms with Crippen molar-refractivity contribution in [1.29, 1.82) is 0 Å². The number of carbonyl (C=O) groups is 3. The van der Waals surface area contributed by atoms with Gasteiger partial charge in [0.1, 0.15) is 29.8 Å². The molecule has 2 aromatic rings. The largest absolute Gasteiger partial charge is 0.455 e. The van der Waals surface area contributed by atoms with Crippen molar-refractivity contribution in [3.63, 3.8) is 0 Å². The van der Waals surface area contributed by atoms with Crippen molar-refractivity contribution in [3.8, 4) is 0 Å². The zero-order valence-electron chi connectivity index (χ0n) is 23.0. The molecule has 46 heavy (non-hydrogen) atoms. The van der Waals surface area contributed by atoms with Crippen molar-refractivity contribution >= 4 is 28.0 Å². The molecule has 7 unspecified atom stereocenters. The van der Waals surface area contributed by atoms with Crippen LogP contribution in [0.3, 0.4) is 0 Å². The fourth-order valence-corrected chi connectivity index (χ4v) is 8.69. The molecule has 1 N–H and O–H groups in total. The summed E-state index contributed by atoms with van der Waals surface area (Å²) < 4.78 is 135. The van der Waals surface area contributed by atoms with Gasteiger partial charge in [-0.2, -0.15) is 34.8 Å². The minimum Gasteiger partial charge on any atom is -0.455 e. The minimum absolute atomic E-state index is 0.177. The lowest BCUT2D eigenvalue weighted by molar-refractivity contribution is -0.362. The maximum Gasteiger partial charge on any atom is 0.438 e. The molecule has 3 heterocycles. The fourth-order valence-electron chi connectivity index (χ4n) is 7.79. The number of hydrogen-bond donors (Lipinski definition) is 1. The van der Waals surface area contributed by atoms with Gasteiger partial charge in [-0.3, -0.25) is 18.9 Å². The molecule has 17 heteroatoms. The van der Waals surface area contributed by atoms with Gasteiger partial charge in [-0.15, -0.1) is 0 Å². The molecule has 10 nitrogen and oxygen atoms in total. The van der Waals surface area contributed by atoms with Gasteiger partial charge in [0, 0.05) is 11.8 Å². The highest BCUT2D eigenvalue weighted by molar-refractivity contribution is 7.85. The smallest absolute Gasteiger partial charge is 0.438 e. The summed E-state index contributed by atoms with van der Waals surface area (Å²) in [5.41, 5.74) is -1.88. The van der Waals surface area contributed by atoms with E-state index in [0.717, 1.165) is 22.3 Å². The summed E-state index contributed by atoms with van der Waals surface area (Å²) in [6.07, 6.45) is -18.9. The Morgan fingerprint density at radius 3 is 1.91 bits per heavy atom. The van der Waals surface area contributed by atoms with Crippen LogP contribution in [0.15, 0.2) is 48.5 Å². The van der Waals surface area contributed by atoms with E-state index in [1.54, 1.807) is 0 Å². The molecule has 0 radical (unpaired) electrons. The highest BCUT2D eigenvalue weighted by Gasteiger charge is 2.78. The van der Waals surface area contributed by atoms with E-state index < -0.39 is 99.8 Å². The van der Waals surface area contributed by atoms with E-state index >= 15 is 0 Å². The maximum atomic E-state index is 13.9. The van der Waals surface area contributed by atoms with Gasteiger partial charge in [0.2, 0.25) is 0 Å². The molecular weight excluding hydrogens is 654 g/mol. The van der Waals surface area contributed by atoms with Crippen LogP contribution in [0.2, 0.25) is 0 Å². The molecule has 7 atom stereocenters. The summed E-state index contributed by atoms with van der Waals surface area (Å²) in [7, 11) is -6.04. The number of hydrogen-bond acceptors (Lipinski definition) is 9. The second-order valence-electron chi connectivity index (χ2n) is 12.0. The van der Waals surface area contributed by atoms with Crippen molar-refractivity contribution in [2.24, 2.45) is 17.8 Å². The Bertz CT molecular complexity index is 1700. The number of rotatable bonds is 6. The van der Waals surface area contributed by atoms with Crippen molar-refractivity contribution in [2.45, 2.75) is 60.6 Å². The monoisotopic (exact) mass is 676 g/mol. The number of ether oxygens (including phenoxy) is 4. The van der Waals surface area contributed by atoms with Crippen LogP contribution in [0.5, 0.6) is 0 Å². The standard InChI is InChI=1S/C29H22F6O10S/c30-28(31,32)27(29(33,34)35,10-46(39,40)41)45-26(38)19-18-20-23(44-25(18)37)22(21(19)42-20)43-24(36)16-9-15-11-5-1-3-7-13(11)17(16)14-8-4-2-6-12(14)15/h1-8,15-23H,9-10H2,(H,39,40,41). The highest BCUT2D eigenvalue weighted by Crippen LogP contribution is 2.57. The summed E-state index contributed by atoms with van der Waals surface area (Å²) >= 11 is 0. The van der Waals surface area contributed by atoms with Crippen LogP contribution in [0.1, 0.15) is 40.5 Å². The van der Waals surface area contributed by atoms with Crippen LogP contribution in [0, 0.1) is 17.8 Å². The Kier molecular flexibility index (Phi) is 6.66. The van der Waals surface area contributed by atoms with E-state index in [4.69, 9.17) is 18.8 Å². The molecular formula is C29H22F6O10S. The number of benzene rings is 2. The zero-order chi connectivity index (χ0) is 33.1. The van der Waals surface area contributed by atoms with Crippen molar-refractivity contribution in [2.75, 3.05) is 5.75 Å². The second-order valence-corrected chi connectivity index (χ2v) is 13.5. The third kappa shape index (κ3) is 4.37. The summed E-state index contributed by atoms with van der Waals surface area (Å²) in [6, 6.07) is 15.0. The van der Waals surface area contributed by atoms with Gasteiger partial charge >= 0.3 is 35.9 Å². The molecule has 4 bridgehead atoms. The minimum atomic E-state index is -6.58. The zero-order valence-corrected chi connectivity index (χ0v) is 23.8. The first-order valence-corrected chi connectivity index (χ1v) is 15.6. The molecule has 3 aliphatic carbocycles. The van der Waals surface area contributed by atoms with Gasteiger partial charge in [0.05, 0.1) is 5.92 Å². The van der Waals surface area contributed by atoms with Crippen LogP contribution in [0.4, 0.5) is 26.3 Å². The van der Waals surface area contributed by atoms with Gasteiger partial charge in [-0.25, -0.2) is 0 Å². The van der Waals surface area contributed by atoms with Crippen LogP contribution in [0.25, 0.3) is 0 Å². The number of halogens is 6. The van der Waals surface area contributed by atoms with Crippen LogP contribution in [-0.2, 0) is 43.4 Å². The third-order valence-electron chi connectivity index (χ3n) is 9.61. The molecule has 0 amide bonds.